The van der Waals surface area contributed by atoms with Gasteiger partial charge in [0.2, 0.25) is 5.91 Å². The lowest BCUT2D eigenvalue weighted by molar-refractivity contribution is -0.128. The Labute approximate surface area is 121 Å². The van der Waals surface area contributed by atoms with Crippen LogP contribution in [0.2, 0.25) is 0 Å². The summed E-state index contributed by atoms with van der Waals surface area (Å²) >= 11 is 1.45. The van der Waals surface area contributed by atoms with Crippen molar-refractivity contribution in [2.24, 2.45) is 5.92 Å². The molecule has 1 atom stereocenters. The van der Waals surface area contributed by atoms with E-state index in [4.69, 9.17) is 4.42 Å². The van der Waals surface area contributed by atoms with Crippen LogP contribution in [0.5, 0.6) is 0 Å². The number of rotatable bonds is 5. The molecule has 0 saturated heterocycles. The molecule has 0 spiro atoms. The van der Waals surface area contributed by atoms with Crippen LogP contribution in [-0.4, -0.2) is 17.6 Å². The molecule has 0 aliphatic heterocycles. The molecule has 0 bridgehead atoms. The van der Waals surface area contributed by atoms with Gasteiger partial charge in [0.05, 0.1) is 12.8 Å². The third-order valence-electron chi connectivity index (χ3n) is 3.85. The van der Waals surface area contributed by atoms with Crippen molar-refractivity contribution in [1.82, 2.24) is 5.32 Å². The third kappa shape index (κ3) is 2.39. The van der Waals surface area contributed by atoms with Gasteiger partial charge in [-0.3, -0.25) is 4.79 Å². The first-order valence-electron chi connectivity index (χ1n) is 6.78. The number of carbonyl (C=O) groups excluding carboxylic acids is 1. The minimum Gasteiger partial charge on any atom is -0.466 e. The molecule has 1 aliphatic rings. The summed E-state index contributed by atoms with van der Waals surface area (Å²) in [5.41, 5.74) is -1.29. The first kappa shape index (κ1) is 13.4. The fraction of sp³-hybridized carbons (Fsp3) is 0.400. The van der Waals surface area contributed by atoms with Gasteiger partial charge in [-0.2, -0.15) is 0 Å². The fourth-order valence-corrected chi connectivity index (χ4v) is 3.18. The first-order chi connectivity index (χ1) is 9.70. The Morgan fingerprint density at radius 1 is 1.45 bits per heavy atom. The summed E-state index contributed by atoms with van der Waals surface area (Å²) in [5.74, 6) is 0.589. The molecule has 2 N–H and O–H groups in total. The summed E-state index contributed by atoms with van der Waals surface area (Å²) in [6.45, 7) is 0.135. The van der Waals surface area contributed by atoms with Gasteiger partial charge < -0.3 is 14.8 Å². The average molecular weight is 291 g/mol. The Morgan fingerprint density at radius 2 is 2.30 bits per heavy atom. The first-order valence-corrected chi connectivity index (χ1v) is 7.66. The zero-order valence-corrected chi connectivity index (χ0v) is 11.9. The van der Waals surface area contributed by atoms with Gasteiger partial charge in [0.15, 0.2) is 5.60 Å². The number of hydrogen-bond donors (Lipinski definition) is 2. The maximum Gasteiger partial charge on any atom is 0.223 e. The van der Waals surface area contributed by atoms with Gasteiger partial charge in [-0.15, -0.1) is 11.3 Å². The van der Waals surface area contributed by atoms with Gasteiger partial charge in [0.25, 0.3) is 0 Å². The Bertz CT molecular complexity index is 524. The molecule has 2 aromatic heterocycles. The SMILES string of the molecule is O=C(NC[C@@](O)(c1ccco1)c1cccs1)C1CCC1. The van der Waals surface area contributed by atoms with E-state index in [0.717, 1.165) is 24.1 Å². The highest BCUT2D eigenvalue weighted by Gasteiger charge is 2.37. The van der Waals surface area contributed by atoms with Crippen molar-refractivity contribution < 1.29 is 14.3 Å². The topological polar surface area (TPSA) is 62.5 Å². The van der Waals surface area contributed by atoms with E-state index in [0.29, 0.717) is 5.76 Å². The lowest BCUT2D eigenvalue weighted by atomic mass is 9.84. The van der Waals surface area contributed by atoms with Crippen molar-refractivity contribution >= 4 is 17.2 Å². The van der Waals surface area contributed by atoms with Crippen molar-refractivity contribution in [2.45, 2.75) is 24.9 Å². The Kier molecular flexibility index (Phi) is 3.63. The molecule has 0 aromatic carbocycles. The van der Waals surface area contributed by atoms with Crippen LogP contribution in [0.1, 0.15) is 29.9 Å². The van der Waals surface area contributed by atoms with Gasteiger partial charge >= 0.3 is 0 Å². The maximum absolute atomic E-state index is 12.0. The van der Waals surface area contributed by atoms with E-state index in [-0.39, 0.29) is 18.4 Å². The molecule has 2 aromatic rings. The molecule has 1 saturated carbocycles. The van der Waals surface area contributed by atoms with E-state index in [9.17, 15) is 9.90 Å². The zero-order valence-electron chi connectivity index (χ0n) is 11.0. The van der Waals surface area contributed by atoms with Gasteiger partial charge in [-0.25, -0.2) is 0 Å². The van der Waals surface area contributed by atoms with Gasteiger partial charge in [-0.1, -0.05) is 12.5 Å². The van der Waals surface area contributed by atoms with Crippen LogP contribution < -0.4 is 5.32 Å². The smallest absolute Gasteiger partial charge is 0.223 e. The molecule has 5 heteroatoms. The summed E-state index contributed by atoms with van der Waals surface area (Å²) in [6.07, 6.45) is 4.54. The second kappa shape index (κ2) is 5.42. The molecule has 0 unspecified atom stereocenters. The van der Waals surface area contributed by atoms with Gasteiger partial charge in [0.1, 0.15) is 5.76 Å². The molecule has 0 radical (unpaired) electrons. The highest BCUT2D eigenvalue weighted by Crippen LogP contribution is 2.33. The molecule has 1 amide bonds. The van der Waals surface area contributed by atoms with Crippen LogP contribution in [-0.2, 0) is 10.4 Å². The number of carbonyl (C=O) groups is 1. The number of hydrogen-bond acceptors (Lipinski definition) is 4. The standard InChI is InChI=1S/C15H17NO3S/c17-14(11-4-1-5-11)16-10-15(18,12-6-2-8-19-12)13-7-3-9-20-13/h2-3,6-9,11,18H,1,4-5,10H2,(H,16,17)/t15-/m1/s1. The monoisotopic (exact) mass is 291 g/mol. The lowest BCUT2D eigenvalue weighted by Crippen LogP contribution is -2.44. The van der Waals surface area contributed by atoms with Gasteiger partial charge in [0, 0.05) is 10.8 Å². The van der Waals surface area contributed by atoms with Crippen LogP contribution in [0.25, 0.3) is 0 Å². The largest absolute Gasteiger partial charge is 0.466 e. The third-order valence-corrected chi connectivity index (χ3v) is 4.87. The normalized spacial score (nSPS) is 18.2. The van der Waals surface area contributed by atoms with Crippen molar-refractivity contribution in [3.05, 3.63) is 46.5 Å². The lowest BCUT2D eigenvalue weighted by Gasteiger charge is -2.29. The molecule has 2 heterocycles. The molecular formula is C15H17NO3S. The van der Waals surface area contributed by atoms with E-state index >= 15 is 0 Å². The van der Waals surface area contributed by atoms with Crippen molar-refractivity contribution in [3.63, 3.8) is 0 Å². The maximum atomic E-state index is 12.0. The highest BCUT2D eigenvalue weighted by molar-refractivity contribution is 7.10. The number of thiophene rings is 1. The molecule has 4 nitrogen and oxygen atoms in total. The number of furan rings is 1. The number of amides is 1. The van der Waals surface area contributed by atoms with Crippen LogP contribution in [0, 0.1) is 5.92 Å². The summed E-state index contributed by atoms with van der Waals surface area (Å²) in [7, 11) is 0. The predicted octanol–water partition coefficient (Wildman–Crippen LogP) is 2.49. The average Bonchev–Trinajstić information content (AvgIpc) is 3.05. The molecule has 3 rings (SSSR count). The van der Waals surface area contributed by atoms with Crippen LogP contribution in [0.4, 0.5) is 0 Å². The van der Waals surface area contributed by atoms with Crippen LogP contribution in [0.3, 0.4) is 0 Å². The van der Waals surface area contributed by atoms with E-state index in [1.54, 1.807) is 12.1 Å². The zero-order chi connectivity index (χ0) is 14.0. The highest BCUT2D eigenvalue weighted by atomic mass is 32.1. The second-order valence-electron chi connectivity index (χ2n) is 5.16. The number of aliphatic hydroxyl groups is 1. The van der Waals surface area contributed by atoms with E-state index in [1.165, 1.54) is 17.6 Å². The Hall–Kier alpha value is -1.59. The Balaban J connectivity index is 1.78. The van der Waals surface area contributed by atoms with E-state index in [2.05, 4.69) is 5.32 Å². The molecule has 1 fully saturated rings. The molecule has 106 valence electrons. The Morgan fingerprint density at radius 3 is 2.85 bits per heavy atom. The predicted molar refractivity (Wildman–Crippen MR) is 76.4 cm³/mol. The van der Waals surface area contributed by atoms with Crippen molar-refractivity contribution in [2.75, 3.05) is 6.54 Å². The molecular weight excluding hydrogens is 274 g/mol. The minimum atomic E-state index is -1.29. The summed E-state index contributed by atoms with van der Waals surface area (Å²) in [4.78, 5) is 12.7. The van der Waals surface area contributed by atoms with Crippen LogP contribution in [0.15, 0.2) is 40.3 Å². The van der Waals surface area contributed by atoms with Crippen molar-refractivity contribution in [3.8, 4) is 0 Å². The van der Waals surface area contributed by atoms with Crippen LogP contribution >= 0.6 is 11.3 Å². The summed E-state index contributed by atoms with van der Waals surface area (Å²) in [5, 5.41) is 15.7. The van der Waals surface area contributed by atoms with Crippen molar-refractivity contribution in [1.29, 1.82) is 0 Å². The van der Waals surface area contributed by atoms with E-state index in [1.807, 2.05) is 17.5 Å². The second-order valence-corrected chi connectivity index (χ2v) is 6.11. The number of nitrogens with one attached hydrogen (secondary N) is 1. The fourth-order valence-electron chi connectivity index (χ4n) is 2.35. The minimum absolute atomic E-state index is 0.0257. The molecule has 1 aliphatic carbocycles. The quantitative estimate of drug-likeness (QED) is 0.889. The van der Waals surface area contributed by atoms with E-state index < -0.39 is 5.60 Å². The van der Waals surface area contributed by atoms with Gasteiger partial charge in [-0.05, 0) is 36.4 Å². The summed E-state index contributed by atoms with van der Waals surface area (Å²) in [6, 6.07) is 7.20. The molecule has 20 heavy (non-hydrogen) atoms. The summed E-state index contributed by atoms with van der Waals surface area (Å²) < 4.78 is 5.36.